The minimum atomic E-state index is 0.0972. The molecule has 0 radical (unpaired) electrons. The van der Waals surface area contributed by atoms with Gasteiger partial charge in [-0.2, -0.15) is 0 Å². The number of oxazole rings is 1. The van der Waals surface area contributed by atoms with Gasteiger partial charge in [-0.3, -0.25) is 0 Å². The Kier molecular flexibility index (Phi) is 1.85. The lowest BCUT2D eigenvalue weighted by Crippen LogP contribution is -1.88. The van der Waals surface area contributed by atoms with Crippen LogP contribution in [0.5, 0.6) is 0 Å². The predicted molar refractivity (Wildman–Crippen MR) is 32.0 cm³/mol. The highest BCUT2D eigenvalue weighted by molar-refractivity contribution is 4.90. The van der Waals surface area contributed by atoms with E-state index in [9.17, 15) is 0 Å². The zero-order chi connectivity index (χ0) is 6.69. The van der Waals surface area contributed by atoms with Crippen molar-refractivity contribution in [3.05, 3.63) is 17.8 Å². The van der Waals surface area contributed by atoms with Crippen molar-refractivity contribution in [1.82, 2.24) is 4.98 Å². The highest BCUT2D eigenvalue weighted by Crippen LogP contribution is 2.00. The standard InChI is InChI=1S/C6H9NO2/c1-5-4-7-6(9-5)2-3-8/h4,8H,2-3H2,1H3. The number of rotatable bonds is 2. The van der Waals surface area contributed by atoms with E-state index in [1.165, 1.54) is 0 Å². The van der Waals surface area contributed by atoms with Gasteiger partial charge in [0, 0.05) is 6.42 Å². The summed E-state index contributed by atoms with van der Waals surface area (Å²) in [5.41, 5.74) is 0. The molecule has 0 saturated heterocycles. The number of aliphatic hydroxyl groups is 1. The number of aliphatic hydroxyl groups excluding tert-OH is 1. The summed E-state index contributed by atoms with van der Waals surface area (Å²) in [6, 6.07) is 0. The third-order valence-corrected chi connectivity index (χ3v) is 0.995. The van der Waals surface area contributed by atoms with Gasteiger partial charge in [0.25, 0.3) is 0 Å². The van der Waals surface area contributed by atoms with Gasteiger partial charge in [-0.25, -0.2) is 4.98 Å². The maximum Gasteiger partial charge on any atom is 0.196 e. The molecule has 0 bridgehead atoms. The fraction of sp³-hybridized carbons (Fsp3) is 0.500. The van der Waals surface area contributed by atoms with Crippen molar-refractivity contribution < 1.29 is 9.52 Å². The molecular formula is C6H9NO2. The summed E-state index contributed by atoms with van der Waals surface area (Å²) in [6.45, 7) is 1.92. The predicted octanol–water partition coefficient (Wildman–Crippen LogP) is 0.518. The molecule has 1 heterocycles. The van der Waals surface area contributed by atoms with E-state index in [2.05, 4.69) is 4.98 Å². The molecule has 0 saturated carbocycles. The minimum absolute atomic E-state index is 0.0972. The topological polar surface area (TPSA) is 46.3 Å². The van der Waals surface area contributed by atoms with Crippen molar-refractivity contribution in [2.75, 3.05) is 6.61 Å². The third kappa shape index (κ3) is 1.54. The molecule has 1 aromatic rings. The van der Waals surface area contributed by atoms with E-state index in [0.29, 0.717) is 12.3 Å². The average Bonchev–Trinajstić information content (AvgIpc) is 2.17. The molecule has 0 amide bonds. The molecule has 3 nitrogen and oxygen atoms in total. The number of hydrogen-bond donors (Lipinski definition) is 1. The first kappa shape index (κ1) is 6.29. The van der Waals surface area contributed by atoms with Gasteiger partial charge in [0.05, 0.1) is 12.8 Å². The summed E-state index contributed by atoms with van der Waals surface area (Å²) >= 11 is 0. The van der Waals surface area contributed by atoms with Crippen LogP contribution in [0, 0.1) is 6.92 Å². The maximum absolute atomic E-state index is 8.43. The van der Waals surface area contributed by atoms with Crippen LogP contribution in [0.2, 0.25) is 0 Å². The van der Waals surface area contributed by atoms with Gasteiger partial charge in [-0.15, -0.1) is 0 Å². The van der Waals surface area contributed by atoms with Crippen LogP contribution >= 0.6 is 0 Å². The quantitative estimate of drug-likeness (QED) is 0.629. The molecule has 9 heavy (non-hydrogen) atoms. The van der Waals surface area contributed by atoms with Crippen molar-refractivity contribution in [3.63, 3.8) is 0 Å². The molecule has 3 heteroatoms. The van der Waals surface area contributed by atoms with Crippen LogP contribution in [0.3, 0.4) is 0 Å². The highest BCUT2D eigenvalue weighted by atomic mass is 16.4. The number of aromatic nitrogens is 1. The molecule has 0 aromatic carbocycles. The number of nitrogens with zero attached hydrogens (tertiary/aromatic N) is 1. The van der Waals surface area contributed by atoms with Crippen LogP contribution in [0.25, 0.3) is 0 Å². The summed E-state index contributed by atoms with van der Waals surface area (Å²) in [7, 11) is 0. The molecule has 1 aromatic heterocycles. The molecule has 1 N–H and O–H groups in total. The monoisotopic (exact) mass is 127 g/mol. The molecule has 0 aliphatic rings. The van der Waals surface area contributed by atoms with Gasteiger partial charge in [0.15, 0.2) is 5.89 Å². The first-order valence-electron chi connectivity index (χ1n) is 2.85. The van der Waals surface area contributed by atoms with Gasteiger partial charge < -0.3 is 9.52 Å². The van der Waals surface area contributed by atoms with E-state index in [1.807, 2.05) is 6.92 Å². The fourth-order valence-electron chi connectivity index (χ4n) is 0.613. The van der Waals surface area contributed by atoms with Crippen LogP contribution < -0.4 is 0 Å². The Balaban J connectivity index is 2.61. The van der Waals surface area contributed by atoms with Crippen molar-refractivity contribution >= 4 is 0 Å². The zero-order valence-electron chi connectivity index (χ0n) is 5.29. The Morgan fingerprint density at radius 2 is 2.56 bits per heavy atom. The smallest absolute Gasteiger partial charge is 0.196 e. The molecular weight excluding hydrogens is 118 g/mol. The van der Waals surface area contributed by atoms with E-state index >= 15 is 0 Å². The fourth-order valence-corrected chi connectivity index (χ4v) is 0.613. The van der Waals surface area contributed by atoms with Gasteiger partial charge >= 0.3 is 0 Å². The van der Waals surface area contributed by atoms with E-state index < -0.39 is 0 Å². The Labute approximate surface area is 53.3 Å². The lowest BCUT2D eigenvalue weighted by atomic mass is 10.5. The second-order valence-corrected chi connectivity index (χ2v) is 1.84. The van der Waals surface area contributed by atoms with Crippen LogP contribution in [0.4, 0.5) is 0 Å². The molecule has 0 unspecified atom stereocenters. The first-order valence-corrected chi connectivity index (χ1v) is 2.85. The Morgan fingerprint density at radius 1 is 1.78 bits per heavy atom. The highest BCUT2D eigenvalue weighted by Gasteiger charge is 1.96. The molecule has 0 spiro atoms. The van der Waals surface area contributed by atoms with E-state index in [-0.39, 0.29) is 6.61 Å². The average molecular weight is 127 g/mol. The minimum Gasteiger partial charge on any atom is -0.446 e. The summed E-state index contributed by atoms with van der Waals surface area (Å²) in [5.74, 6) is 1.40. The second-order valence-electron chi connectivity index (χ2n) is 1.84. The van der Waals surface area contributed by atoms with Crippen molar-refractivity contribution in [1.29, 1.82) is 0 Å². The second kappa shape index (κ2) is 2.64. The lowest BCUT2D eigenvalue weighted by Gasteiger charge is -1.85. The molecule has 0 aliphatic heterocycles. The van der Waals surface area contributed by atoms with Crippen LogP contribution in [0.1, 0.15) is 11.7 Å². The summed E-state index contributed by atoms with van der Waals surface area (Å²) < 4.78 is 5.05. The molecule has 1 rings (SSSR count). The largest absolute Gasteiger partial charge is 0.446 e. The Morgan fingerprint density at radius 3 is 3.00 bits per heavy atom. The van der Waals surface area contributed by atoms with Gasteiger partial charge in [0.1, 0.15) is 5.76 Å². The van der Waals surface area contributed by atoms with Crippen LogP contribution in [0.15, 0.2) is 10.6 Å². The zero-order valence-corrected chi connectivity index (χ0v) is 5.29. The normalized spacial score (nSPS) is 10.0. The Hall–Kier alpha value is -0.830. The van der Waals surface area contributed by atoms with Crippen molar-refractivity contribution in [2.45, 2.75) is 13.3 Å². The first-order chi connectivity index (χ1) is 4.33. The van der Waals surface area contributed by atoms with E-state index in [1.54, 1.807) is 6.20 Å². The van der Waals surface area contributed by atoms with E-state index in [0.717, 1.165) is 5.76 Å². The van der Waals surface area contributed by atoms with Gasteiger partial charge in [-0.05, 0) is 6.92 Å². The van der Waals surface area contributed by atoms with Crippen LogP contribution in [-0.2, 0) is 6.42 Å². The molecule has 0 fully saturated rings. The lowest BCUT2D eigenvalue weighted by molar-refractivity contribution is 0.284. The summed E-state index contributed by atoms with van der Waals surface area (Å²) in [5, 5.41) is 8.43. The van der Waals surface area contributed by atoms with Crippen molar-refractivity contribution in [3.8, 4) is 0 Å². The van der Waals surface area contributed by atoms with Gasteiger partial charge in [-0.1, -0.05) is 0 Å². The molecule has 0 aliphatic carbocycles. The third-order valence-electron chi connectivity index (χ3n) is 0.995. The van der Waals surface area contributed by atoms with E-state index in [4.69, 9.17) is 9.52 Å². The number of aryl methyl sites for hydroxylation is 1. The summed E-state index contributed by atoms with van der Waals surface area (Å²) in [6.07, 6.45) is 2.15. The summed E-state index contributed by atoms with van der Waals surface area (Å²) in [4.78, 5) is 3.88. The maximum atomic E-state index is 8.43. The molecule has 0 atom stereocenters. The Bertz CT molecular complexity index is 183. The SMILES string of the molecule is Cc1cnc(CCO)o1. The van der Waals surface area contributed by atoms with Gasteiger partial charge in [0.2, 0.25) is 0 Å². The molecule has 50 valence electrons. The van der Waals surface area contributed by atoms with Crippen molar-refractivity contribution in [2.24, 2.45) is 0 Å². The van der Waals surface area contributed by atoms with Crippen LogP contribution in [-0.4, -0.2) is 16.7 Å². The number of hydrogen-bond acceptors (Lipinski definition) is 3.